The van der Waals surface area contributed by atoms with Gasteiger partial charge in [0.25, 0.3) is 0 Å². The molecule has 0 bridgehead atoms. The number of nitrogens with one attached hydrogen (secondary N) is 1. The van der Waals surface area contributed by atoms with Gasteiger partial charge in [0.2, 0.25) is 0 Å². The van der Waals surface area contributed by atoms with E-state index in [2.05, 4.69) is 56.9 Å². The summed E-state index contributed by atoms with van der Waals surface area (Å²) in [5.74, 6) is 0.687. The number of hydrogen-bond acceptors (Lipinski definition) is 2. The molecule has 3 nitrogen and oxygen atoms in total. The Balaban J connectivity index is 2.55. The summed E-state index contributed by atoms with van der Waals surface area (Å²) in [5.41, 5.74) is 1.24. The van der Waals surface area contributed by atoms with Crippen LogP contribution in [0.5, 0.6) is 0 Å². The summed E-state index contributed by atoms with van der Waals surface area (Å²) >= 11 is 0. The second-order valence-corrected chi connectivity index (χ2v) is 5.80. The second kappa shape index (κ2) is 8.36. The summed E-state index contributed by atoms with van der Waals surface area (Å²) < 4.78 is 2.15. The Hall–Kier alpha value is -0.830. The Morgan fingerprint density at radius 2 is 1.84 bits per heavy atom. The maximum atomic E-state index is 4.76. The lowest BCUT2D eigenvalue weighted by Gasteiger charge is -2.17. The second-order valence-electron chi connectivity index (χ2n) is 5.80. The number of rotatable bonds is 9. The Kier molecular flexibility index (Phi) is 7.14. The van der Waals surface area contributed by atoms with Crippen LogP contribution in [0.1, 0.15) is 65.6 Å². The van der Waals surface area contributed by atoms with Crippen molar-refractivity contribution in [3.8, 4) is 0 Å². The third kappa shape index (κ3) is 5.35. The van der Waals surface area contributed by atoms with E-state index in [1.54, 1.807) is 0 Å². The van der Waals surface area contributed by atoms with Gasteiger partial charge in [-0.1, -0.05) is 41.0 Å². The van der Waals surface area contributed by atoms with Crippen LogP contribution in [0.3, 0.4) is 0 Å². The van der Waals surface area contributed by atoms with Crippen molar-refractivity contribution in [1.82, 2.24) is 15.1 Å². The Bertz CT molecular complexity index is 340. The molecule has 1 rings (SSSR count). The van der Waals surface area contributed by atoms with Crippen molar-refractivity contribution in [2.24, 2.45) is 5.92 Å². The molecule has 19 heavy (non-hydrogen) atoms. The monoisotopic (exact) mass is 265 g/mol. The highest BCUT2D eigenvalue weighted by molar-refractivity contribution is 5.01. The lowest BCUT2D eigenvalue weighted by atomic mass is 10.0. The molecular weight excluding hydrogens is 234 g/mol. The largest absolute Gasteiger partial charge is 0.314 e. The first-order valence-electron chi connectivity index (χ1n) is 7.88. The molecule has 0 amide bonds. The molecule has 1 aromatic rings. The minimum absolute atomic E-state index is 0.558. The van der Waals surface area contributed by atoms with Crippen LogP contribution in [-0.2, 0) is 6.42 Å². The molecular formula is C16H31N3. The zero-order valence-corrected chi connectivity index (χ0v) is 13.3. The maximum Gasteiger partial charge on any atom is 0.0627 e. The fourth-order valence-corrected chi connectivity index (χ4v) is 2.41. The van der Waals surface area contributed by atoms with E-state index in [0.29, 0.717) is 18.0 Å². The summed E-state index contributed by atoms with van der Waals surface area (Å²) in [4.78, 5) is 0. The highest BCUT2D eigenvalue weighted by Gasteiger charge is 2.12. The number of hydrogen-bond donors (Lipinski definition) is 1. The van der Waals surface area contributed by atoms with Crippen molar-refractivity contribution in [3.05, 3.63) is 18.0 Å². The topological polar surface area (TPSA) is 29.9 Å². The van der Waals surface area contributed by atoms with Crippen LogP contribution in [0.15, 0.2) is 12.3 Å². The van der Waals surface area contributed by atoms with Gasteiger partial charge in [0.15, 0.2) is 0 Å². The molecule has 0 aliphatic heterocycles. The number of aromatic nitrogens is 2. The van der Waals surface area contributed by atoms with Crippen molar-refractivity contribution in [2.75, 3.05) is 6.54 Å². The van der Waals surface area contributed by atoms with Gasteiger partial charge in [-0.15, -0.1) is 0 Å². The average molecular weight is 265 g/mol. The molecule has 0 fully saturated rings. The van der Waals surface area contributed by atoms with Crippen LogP contribution in [0.25, 0.3) is 0 Å². The van der Waals surface area contributed by atoms with Crippen LogP contribution in [0.4, 0.5) is 0 Å². The van der Waals surface area contributed by atoms with Crippen LogP contribution in [-0.4, -0.2) is 22.4 Å². The van der Waals surface area contributed by atoms with Gasteiger partial charge in [-0.05, 0) is 37.8 Å². The van der Waals surface area contributed by atoms with Crippen molar-refractivity contribution < 1.29 is 0 Å². The van der Waals surface area contributed by atoms with Gasteiger partial charge in [-0.3, -0.25) is 4.68 Å². The third-order valence-corrected chi connectivity index (χ3v) is 3.87. The fraction of sp³-hybridized carbons (Fsp3) is 0.812. The molecule has 110 valence electrons. The van der Waals surface area contributed by atoms with E-state index in [1.807, 2.05) is 0 Å². The fourth-order valence-electron chi connectivity index (χ4n) is 2.41. The quantitative estimate of drug-likeness (QED) is 0.736. The first-order chi connectivity index (χ1) is 9.10. The Morgan fingerprint density at radius 1 is 1.16 bits per heavy atom. The number of nitrogens with zero attached hydrogens (tertiary/aromatic N) is 2. The molecule has 1 unspecified atom stereocenters. The standard InChI is InChI=1S/C16H31N3/c1-6-14(12-17-13(4)5)11-15-9-10-19(18-15)16(7-2)8-3/h9-10,13-14,16-17H,6-8,11-12H2,1-5H3. The summed E-state index contributed by atoms with van der Waals surface area (Å²) in [5, 5.41) is 8.29. The van der Waals surface area contributed by atoms with Gasteiger partial charge in [-0.2, -0.15) is 5.10 Å². The van der Waals surface area contributed by atoms with Crippen LogP contribution < -0.4 is 5.32 Å². The van der Waals surface area contributed by atoms with Gasteiger partial charge < -0.3 is 5.32 Å². The van der Waals surface area contributed by atoms with E-state index in [-0.39, 0.29) is 0 Å². The maximum absolute atomic E-state index is 4.76. The van der Waals surface area contributed by atoms with Crippen molar-refractivity contribution in [3.63, 3.8) is 0 Å². The zero-order chi connectivity index (χ0) is 14.3. The Labute approximate surface area is 118 Å². The van der Waals surface area contributed by atoms with Gasteiger partial charge in [0, 0.05) is 12.2 Å². The molecule has 0 saturated carbocycles. The van der Waals surface area contributed by atoms with E-state index in [0.717, 1.165) is 25.8 Å². The molecule has 0 aliphatic carbocycles. The third-order valence-electron chi connectivity index (χ3n) is 3.87. The molecule has 1 N–H and O–H groups in total. The normalized spacial score (nSPS) is 13.4. The van der Waals surface area contributed by atoms with E-state index in [9.17, 15) is 0 Å². The van der Waals surface area contributed by atoms with E-state index in [4.69, 9.17) is 5.10 Å². The minimum Gasteiger partial charge on any atom is -0.314 e. The summed E-state index contributed by atoms with van der Waals surface area (Å²) in [6.07, 6.45) is 6.75. The van der Waals surface area contributed by atoms with Crippen molar-refractivity contribution in [2.45, 2.75) is 72.4 Å². The molecule has 1 heterocycles. The molecule has 0 aliphatic rings. The summed E-state index contributed by atoms with van der Waals surface area (Å²) in [7, 11) is 0. The smallest absolute Gasteiger partial charge is 0.0627 e. The van der Waals surface area contributed by atoms with E-state index < -0.39 is 0 Å². The first kappa shape index (κ1) is 16.2. The van der Waals surface area contributed by atoms with Gasteiger partial charge in [0.1, 0.15) is 0 Å². The zero-order valence-electron chi connectivity index (χ0n) is 13.3. The predicted molar refractivity (Wildman–Crippen MR) is 82.5 cm³/mol. The van der Waals surface area contributed by atoms with Gasteiger partial charge in [0.05, 0.1) is 11.7 Å². The van der Waals surface area contributed by atoms with Crippen molar-refractivity contribution >= 4 is 0 Å². The van der Waals surface area contributed by atoms with E-state index in [1.165, 1.54) is 12.1 Å². The van der Waals surface area contributed by atoms with Gasteiger partial charge >= 0.3 is 0 Å². The van der Waals surface area contributed by atoms with Crippen LogP contribution in [0.2, 0.25) is 0 Å². The SMILES string of the molecule is CCC(CNC(C)C)Cc1ccn(C(CC)CC)n1. The molecule has 0 saturated heterocycles. The molecule has 1 atom stereocenters. The molecule has 0 radical (unpaired) electrons. The van der Waals surface area contributed by atoms with E-state index >= 15 is 0 Å². The summed E-state index contributed by atoms with van der Waals surface area (Å²) in [6, 6.07) is 3.31. The molecule has 3 heteroatoms. The van der Waals surface area contributed by atoms with Gasteiger partial charge in [-0.25, -0.2) is 0 Å². The lowest BCUT2D eigenvalue weighted by Crippen LogP contribution is -2.29. The molecule has 0 aromatic carbocycles. The van der Waals surface area contributed by atoms with Crippen LogP contribution >= 0.6 is 0 Å². The molecule has 1 aromatic heterocycles. The lowest BCUT2D eigenvalue weighted by molar-refractivity contribution is 0.409. The van der Waals surface area contributed by atoms with Crippen molar-refractivity contribution in [1.29, 1.82) is 0 Å². The first-order valence-corrected chi connectivity index (χ1v) is 7.88. The average Bonchev–Trinajstić information content (AvgIpc) is 2.84. The molecule has 0 spiro atoms. The summed E-state index contributed by atoms with van der Waals surface area (Å²) in [6.45, 7) is 12.2. The highest BCUT2D eigenvalue weighted by atomic mass is 15.3. The minimum atomic E-state index is 0.558. The highest BCUT2D eigenvalue weighted by Crippen LogP contribution is 2.16. The predicted octanol–water partition coefficient (Wildman–Crippen LogP) is 3.81. The Morgan fingerprint density at radius 3 is 2.37 bits per heavy atom. The van der Waals surface area contributed by atoms with Crippen LogP contribution in [0, 0.1) is 5.92 Å².